The van der Waals surface area contributed by atoms with E-state index >= 15 is 0 Å². The molecule has 0 aromatic rings. The van der Waals surface area contributed by atoms with Crippen molar-refractivity contribution in [2.75, 3.05) is 53.6 Å². The van der Waals surface area contributed by atoms with Gasteiger partial charge in [0, 0.05) is 6.54 Å². The Morgan fingerprint density at radius 3 is 2.57 bits per heavy atom. The molecule has 0 amide bonds. The van der Waals surface area contributed by atoms with E-state index in [0.717, 1.165) is 19.6 Å². The fourth-order valence-electron chi connectivity index (χ4n) is 1.11. The predicted molar refractivity (Wildman–Crippen MR) is 58.6 cm³/mol. The van der Waals surface area contributed by atoms with Crippen molar-refractivity contribution in [3.8, 4) is 0 Å². The van der Waals surface area contributed by atoms with E-state index in [2.05, 4.69) is 24.3 Å². The largest absolute Gasteiger partial charge is 0.394 e. The molecule has 0 spiro atoms. The highest BCUT2D eigenvalue weighted by molar-refractivity contribution is 4.50. The topological polar surface area (TPSA) is 44.7 Å². The van der Waals surface area contributed by atoms with E-state index in [1.807, 2.05) is 0 Å². The van der Waals surface area contributed by atoms with Crippen LogP contribution in [0.1, 0.15) is 12.8 Å². The van der Waals surface area contributed by atoms with E-state index in [-0.39, 0.29) is 6.61 Å². The molecule has 0 aromatic carbocycles. The van der Waals surface area contributed by atoms with Crippen molar-refractivity contribution < 1.29 is 9.84 Å². The molecule has 0 radical (unpaired) electrons. The standard InChI is InChI=1S/C10H24N2O2/c1-12(2)7-4-3-5-11-6-9-14-10-8-13/h11,13H,3-10H2,1-2H3. The quantitative estimate of drug-likeness (QED) is 0.489. The zero-order chi connectivity index (χ0) is 10.6. The van der Waals surface area contributed by atoms with Crippen LogP contribution in [0.25, 0.3) is 0 Å². The molecule has 0 atom stereocenters. The van der Waals surface area contributed by atoms with Crippen molar-refractivity contribution in [2.24, 2.45) is 0 Å². The van der Waals surface area contributed by atoms with Gasteiger partial charge < -0.3 is 20.1 Å². The number of aliphatic hydroxyl groups excluding tert-OH is 1. The number of aliphatic hydroxyl groups is 1. The van der Waals surface area contributed by atoms with Crippen LogP contribution in [-0.4, -0.2) is 63.6 Å². The van der Waals surface area contributed by atoms with E-state index in [9.17, 15) is 0 Å². The minimum atomic E-state index is 0.114. The third kappa shape index (κ3) is 11.8. The second-order valence-electron chi connectivity index (χ2n) is 3.60. The Kier molecular flexibility index (Phi) is 10.8. The van der Waals surface area contributed by atoms with Gasteiger partial charge in [-0.25, -0.2) is 0 Å². The van der Waals surface area contributed by atoms with Gasteiger partial charge in [0.15, 0.2) is 0 Å². The Labute approximate surface area is 87.2 Å². The summed E-state index contributed by atoms with van der Waals surface area (Å²) in [7, 11) is 4.19. The second kappa shape index (κ2) is 10.9. The second-order valence-corrected chi connectivity index (χ2v) is 3.60. The summed E-state index contributed by atoms with van der Waals surface area (Å²) in [6.07, 6.45) is 2.44. The third-order valence-corrected chi connectivity index (χ3v) is 1.87. The minimum Gasteiger partial charge on any atom is -0.394 e. The van der Waals surface area contributed by atoms with Crippen LogP contribution in [0.2, 0.25) is 0 Å². The first-order chi connectivity index (χ1) is 6.77. The Balaban J connectivity index is 2.85. The van der Waals surface area contributed by atoms with Gasteiger partial charge in [-0.2, -0.15) is 0 Å². The summed E-state index contributed by atoms with van der Waals surface area (Å²) >= 11 is 0. The van der Waals surface area contributed by atoms with Gasteiger partial charge in [0.05, 0.1) is 19.8 Å². The van der Waals surface area contributed by atoms with E-state index in [4.69, 9.17) is 9.84 Å². The molecule has 4 nitrogen and oxygen atoms in total. The molecule has 0 heterocycles. The van der Waals surface area contributed by atoms with Crippen molar-refractivity contribution in [1.29, 1.82) is 0 Å². The molecule has 86 valence electrons. The van der Waals surface area contributed by atoms with Crippen LogP contribution in [0.5, 0.6) is 0 Å². The van der Waals surface area contributed by atoms with Gasteiger partial charge >= 0.3 is 0 Å². The Morgan fingerprint density at radius 1 is 1.14 bits per heavy atom. The smallest absolute Gasteiger partial charge is 0.0698 e. The average molecular weight is 204 g/mol. The van der Waals surface area contributed by atoms with Crippen molar-refractivity contribution >= 4 is 0 Å². The van der Waals surface area contributed by atoms with E-state index < -0.39 is 0 Å². The first kappa shape index (κ1) is 13.8. The van der Waals surface area contributed by atoms with Crippen LogP contribution in [0.15, 0.2) is 0 Å². The van der Waals surface area contributed by atoms with Gasteiger partial charge in [0.25, 0.3) is 0 Å². The SMILES string of the molecule is CN(C)CCCCNCCOCCO. The number of rotatable bonds is 10. The maximum absolute atomic E-state index is 8.44. The molecule has 0 aliphatic carbocycles. The van der Waals surface area contributed by atoms with Crippen molar-refractivity contribution in [1.82, 2.24) is 10.2 Å². The van der Waals surface area contributed by atoms with Crippen LogP contribution < -0.4 is 5.32 Å². The lowest BCUT2D eigenvalue weighted by Crippen LogP contribution is -2.22. The van der Waals surface area contributed by atoms with Gasteiger partial charge in [-0.1, -0.05) is 0 Å². The van der Waals surface area contributed by atoms with Gasteiger partial charge in [0.1, 0.15) is 0 Å². The molecule has 0 rings (SSSR count). The zero-order valence-electron chi connectivity index (χ0n) is 9.46. The van der Waals surface area contributed by atoms with Crippen molar-refractivity contribution in [2.45, 2.75) is 12.8 Å². The molecule has 2 N–H and O–H groups in total. The van der Waals surface area contributed by atoms with Gasteiger partial charge in [-0.3, -0.25) is 0 Å². The lowest BCUT2D eigenvalue weighted by molar-refractivity contribution is 0.0939. The normalized spacial score (nSPS) is 11.1. The molecule has 0 saturated heterocycles. The first-order valence-corrected chi connectivity index (χ1v) is 5.31. The number of nitrogens with one attached hydrogen (secondary N) is 1. The highest BCUT2D eigenvalue weighted by Crippen LogP contribution is 1.88. The maximum Gasteiger partial charge on any atom is 0.0698 e. The molecule has 0 fully saturated rings. The van der Waals surface area contributed by atoms with Crippen LogP contribution in [0, 0.1) is 0 Å². The number of nitrogens with zero attached hydrogens (tertiary/aromatic N) is 1. The molecule has 0 aliphatic rings. The average Bonchev–Trinajstić information content (AvgIpc) is 2.15. The van der Waals surface area contributed by atoms with Crippen molar-refractivity contribution in [3.05, 3.63) is 0 Å². The highest BCUT2D eigenvalue weighted by Gasteiger charge is 1.91. The molecule has 0 bridgehead atoms. The number of unbranched alkanes of at least 4 members (excludes halogenated alkanes) is 1. The fraction of sp³-hybridized carbons (Fsp3) is 1.00. The van der Waals surface area contributed by atoms with Gasteiger partial charge in [-0.15, -0.1) is 0 Å². The summed E-state index contributed by atoms with van der Waals surface area (Å²) in [5, 5.41) is 11.7. The molecule has 0 aromatic heterocycles. The van der Waals surface area contributed by atoms with Crippen LogP contribution in [-0.2, 0) is 4.74 Å². The highest BCUT2D eigenvalue weighted by atomic mass is 16.5. The third-order valence-electron chi connectivity index (χ3n) is 1.87. The number of ether oxygens (including phenoxy) is 1. The van der Waals surface area contributed by atoms with Crippen LogP contribution in [0.3, 0.4) is 0 Å². The molecule has 0 saturated carbocycles. The Morgan fingerprint density at radius 2 is 1.93 bits per heavy atom. The summed E-state index contributed by atoms with van der Waals surface area (Å²) in [6, 6.07) is 0. The van der Waals surface area contributed by atoms with E-state index in [1.54, 1.807) is 0 Å². The predicted octanol–water partition coefficient (Wildman–Crippen LogP) is -0.0733. The van der Waals surface area contributed by atoms with E-state index in [1.165, 1.54) is 12.8 Å². The summed E-state index contributed by atoms with van der Waals surface area (Å²) in [4.78, 5) is 2.20. The van der Waals surface area contributed by atoms with E-state index in [0.29, 0.717) is 13.2 Å². The van der Waals surface area contributed by atoms with Crippen LogP contribution >= 0.6 is 0 Å². The lowest BCUT2D eigenvalue weighted by atomic mass is 10.3. The fourth-order valence-corrected chi connectivity index (χ4v) is 1.11. The molecular weight excluding hydrogens is 180 g/mol. The molecule has 4 heteroatoms. The Hall–Kier alpha value is -0.160. The number of hydrogen-bond acceptors (Lipinski definition) is 4. The van der Waals surface area contributed by atoms with Gasteiger partial charge in [0.2, 0.25) is 0 Å². The first-order valence-electron chi connectivity index (χ1n) is 5.31. The monoisotopic (exact) mass is 204 g/mol. The maximum atomic E-state index is 8.44. The summed E-state index contributed by atoms with van der Waals surface area (Å²) in [6.45, 7) is 4.33. The summed E-state index contributed by atoms with van der Waals surface area (Å²) in [5.74, 6) is 0. The Bertz CT molecular complexity index is 110. The summed E-state index contributed by atoms with van der Waals surface area (Å²) in [5.41, 5.74) is 0. The zero-order valence-corrected chi connectivity index (χ0v) is 9.46. The lowest BCUT2D eigenvalue weighted by Gasteiger charge is -2.09. The molecule has 0 aliphatic heterocycles. The van der Waals surface area contributed by atoms with Crippen LogP contribution in [0.4, 0.5) is 0 Å². The van der Waals surface area contributed by atoms with Crippen molar-refractivity contribution in [3.63, 3.8) is 0 Å². The molecule has 0 unspecified atom stereocenters. The number of hydrogen-bond donors (Lipinski definition) is 2. The minimum absolute atomic E-state index is 0.114. The molecular formula is C10H24N2O2. The summed E-state index contributed by atoms with van der Waals surface area (Å²) < 4.78 is 5.11. The van der Waals surface area contributed by atoms with Gasteiger partial charge in [-0.05, 0) is 40.0 Å². The molecule has 14 heavy (non-hydrogen) atoms.